The molecule has 1 unspecified atom stereocenters. The number of phenols is 1. The lowest BCUT2D eigenvalue weighted by Crippen LogP contribution is -2.25. The van der Waals surface area contributed by atoms with Crippen molar-refractivity contribution in [1.29, 1.82) is 5.26 Å². The second-order valence-corrected chi connectivity index (χ2v) is 5.68. The lowest BCUT2D eigenvalue weighted by Gasteiger charge is -2.27. The SMILES string of the molecule is CCOC(=O)C1=C(C)OC(N)=C(C#N)C1c1ccc(O)cc1Br. The lowest BCUT2D eigenvalue weighted by atomic mass is 9.83. The average Bonchev–Trinajstić information content (AvgIpc) is 2.46. The predicted octanol–water partition coefficient (Wildman–Crippen LogP) is 2.80. The second-order valence-electron chi connectivity index (χ2n) is 4.82. The molecule has 0 aliphatic carbocycles. The van der Waals surface area contributed by atoms with Gasteiger partial charge in [-0.15, -0.1) is 0 Å². The van der Waals surface area contributed by atoms with Crippen molar-refractivity contribution in [2.45, 2.75) is 19.8 Å². The van der Waals surface area contributed by atoms with Gasteiger partial charge in [-0.2, -0.15) is 5.26 Å². The Bertz CT molecular complexity index is 762. The maximum atomic E-state index is 12.3. The number of aromatic hydroxyl groups is 1. The number of carbonyl (C=O) groups excluding carboxylic acids is 1. The first-order chi connectivity index (χ1) is 10.9. The summed E-state index contributed by atoms with van der Waals surface area (Å²) in [7, 11) is 0. The summed E-state index contributed by atoms with van der Waals surface area (Å²) in [5, 5.41) is 19.0. The first-order valence-corrected chi connectivity index (χ1v) is 7.63. The van der Waals surface area contributed by atoms with Crippen LogP contribution in [0.3, 0.4) is 0 Å². The molecule has 6 nitrogen and oxygen atoms in total. The summed E-state index contributed by atoms with van der Waals surface area (Å²) in [6.07, 6.45) is 0. The molecule has 0 radical (unpaired) electrons. The molecule has 7 heteroatoms. The van der Waals surface area contributed by atoms with Gasteiger partial charge in [0.15, 0.2) is 0 Å². The number of hydrogen-bond donors (Lipinski definition) is 2. The molecule has 1 aromatic rings. The summed E-state index contributed by atoms with van der Waals surface area (Å²) in [4.78, 5) is 12.3. The molecule has 0 amide bonds. The molecule has 0 bridgehead atoms. The molecule has 1 aliphatic heterocycles. The van der Waals surface area contributed by atoms with Gasteiger partial charge in [-0.1, -0.05) is 22.0 Å². The number of allylic oxidation sites excluding steroid dienone is 2. The Kier molecular flexibility index (Phi) is 4.96. The Balaban J connectivity index is 2.66. The maximum Gasteiger partial charge on any atom is 0.338 e. The molecule has 2 rings (SSSR count). The smallest absolute Gasteiger partial charge is 0.338 e. The van der Waals surface area contributed by atoms with Gasteiger partial charge in [0.1, 0.15) is 23.2 Å². The number of halogens is 1. The number of esters is 1. The van der Waals surface area contributed by atoms with Gasteiger partial charge in [0.25, 0.3) is 0 Å². The fourth-order valence-electron chi connectivity index (χ4n) is 2.42. The molecule has 0 fully saturated rings. The zero-order chi connectivity index (χ0) is 17.1. The van der Waals surface area contributed by atoms with E-state index in [1.54, 1.807) is 19.9 Å². The van der Waals surface area contributed by atoms with Gasteiger partial charge >= 0.3 is 5.97 Å². The van der Waals surface area contributed by atoms with Crippen LogP contribution in [0.5, 0.6) is 5.75 Å². The number of phenolic OH excluding ortho intramolecular Hbond substituents is 1. The Morgan fingerprint density at radius 3 is 2.83 bits per heavy atom. The summed E-state index contributed by atoms with van der Waals surface area (Å²) < 4.78 is 11.0. The van der Waals surface area contributed by atoms with Gasteiger partial charge in [-0.25, -0.2) is 4.79 Å². The molecule has 0 saturated carbocycles. The molecule has 23 heavy (non-hydrogen) atoms. The fraction of sp³-hybridized carbons (Fsp3) is 0.250. The summed E-state index contributed by atoms with van der Waals surface area (Å²) in [5.74, 6) is -1.02. The average molecular weight is 379 g/mol. The van der Waals surface area contributed by atoms with Gasteiger partial charge in [0.05, 0.1) is 18.1 Å². The molecule has 0 spiro atoms. The second kappa shape index (κ2) is 6.75. The van der Waals surface area contributed by atoms with Crippen LogP contribution >= 0.6 is 15.9 Å². The van der Waals surface area contributed by atoms with Crippen LogP contribution in [0.1, 0.15) is 25.3 Å². The molecular weight excluding hydrogens is 364 g/mol. The van der Waals surface area contributed by atoms with Crippen molar-refractivity contribution in [3.05, 3.63) is 51.0 Å². The Morgan fingerprint density at radius 2 is 2.26 bits per heavy atom. The van der Waals surface area contributed by atoms with Crippen LogP contribution in [0.4, 0.5) is 0 Å². The first-order valence-electron chi connectivity index (χ1n) is 6.84. The van der Waals surface area contributed by atoms with E-state index < -0.39 is 11.9 Å². The molecule has 1 aromatic carbocycles. The maximum absolute atomic E-state index is 12.3. The van der Waals surface area contributed by atoms with E-state index in [0.29, 0.717) is 10.0 Å². The highest BCUT2D eigenvalue weighted by Gasteiger charge is 2.37. The van der Waals surface area contributed by atoms with E-state index in [1.165, 1.54) is 12.1 Å². The van der Waals surface area contributed by atoms with Crippen LogP contribution in [0.25, 0.3) is 0 Å². The molecular formula is C16H15BrN2O4. The fourth-order valence-corrected chi connectivity index (χ4v) is 3.01. The van der Waals surface area contributed by atoms with E-state index in [4.69, 9.17) is 15.2 Å². The quantitative estimate of drug-likeness (QED) is 0.783. The largest absolute Gasteiger partial charge is 0.508 e. The molecule has 1 aliphatic rings. The highest BCUT2D eigenvalue weighted by Crippen LogP contribution is 2.42. The van der Waals surface area contributed by atoms with Crippen molar-refractivity contribution in [1.82, 2.24) is 0 Å². The monoisotopic (exact) mass is 378 g/mol. The molecule has 0 aromatic heterocycles. The van der Waals surface area contributed by atoms with Crippen molar-refractivity contribution in [2.24, 2.45) is 5.73 Å². The van der Waals surface area contributed by atoms with E-state index in [0.717, 1.165) is 0 Å². The van der Waals surface area contributed by atoms with Gasteiger partial charge < -0.3 is 20.3 Å². The Morgan fingerprint density at radius 1 is 1.57 bits per heavy atom. The van der Waals surface area contributed by atoms with Crippen molar-refractivity contribution in [3.63, 3.8) is 0 Å². The number of hydrogen-bond acceptors (Lipinski definition) is 6. The zero-order valence-corrected chi connectivity index (χ0v) is 14.2. The zero-order valence-electron chi connectivity index (χ0n) is 12.6. The first kappa shape index (κ1) is 16.9. The van der Waals surface area contributed by atoms with Gasteiger partial charge in [0.2, 0.25) is 5.88 Å². The van der Waals surface area contributed by atoms with Crippen LogP contribution in [-0.2, 0) is 14.3 Å². The van der Waals surface area contributed by atoms with Crippen molar-refractivity contribution >= 4 is 21.9 Å². The molecule has 120 valence electrons. The third-order valence-electron chi connectivity index (χ3n) is 3.40. The molecule has 3 N–H and O–H groups in total. The van der Waals surface area contributed by atoms with Crippen molar-refractivity contribution in [3.8, 4) is 11.8 Å². The van der Waals surface area contributed by atoms with Crippen LogP contribution in [-0.4, -0.2) is 17.7 Å². The number of nitriles is 1. The number of benzene rings is 1. The topological polar surface area (TPSA) is 106 Å². The number of carbonyl (C=O) groups is 1. The minimum Gasteiger partial charge on any atom is -0.508 e. The van der Waals surface area contributed by atoms with Crippen LogP contribution in [0.2, 0.25) is 0 Å². The van der Waals surface area contributed by atoms with Crippen LogP contribution in [0.15, 0.2) is 45.5 Å². The highest BCUT2D eigenvalue weighted by atomic mass is 79.9. The normalized spacial score (nSPS) is 17.6. The van der Waals surface area contributed by atoms with Crippen molar-refractivity contribution < 1.29 is 19.4 Å². The minimum atomic E-state index is -0.734. The minimum absolute atomic E-state index is 0.0528. The van der Waals surface area contributed by atoms with Crippen LogP contribution in [0, 0.1) is 11.3 Å². The van der Waals surface area contributed by atoms with E-state index in [1.807, 2.05) is 6.07 Å². The van der Waals surface area contributed by atoms with Gasteiger partial charge in [-0.3, -0.25) is 0 Å². The molecule has 0 saturated heterocycles. The van der Waals surface area contributed by atoms with E-state index in [9.17, 15) is 15.2 Å². The van der Waals surface area contributed by atoms with E-state index in [2.05, 4.69) is 15.9 Å². The Hall–Kier alpha value is -2.46. The summed E-state index contributed by atoms with van der Waals surface area (Å²) in [5.41, 5.74) is 6.74. The summed E-state index contributed by atoms with van der Waals surface area (Å²) >= 11 is 3.35. The Labute approximate surface area is 141 Å². The summed E-state index contributed by atoms with van der Waals surface area (Å²) in [6.45, 7) is 3.48. The van der Waals surface area contributed by atoms with Gasteiger partial charge in [-0.05, 0) is 31.5 Å². The number of nitrogens with zero attached hydrogens (tertiary/aromatic N) is 1. The lowest BCUT2D eigenvalue weighted by molar-refractivity contribution is -0.139. The predicted molar refractivity (Wildman–Crippen MR) is 85.8 cm³/mol. The third kappa shape index (κ3) is 3.17. The van der Waals surface area contributed by atoms with Crippen LogP contribution < -0.4 is 5.73 Å². The molecule has 1 heterocycles. The highest BCUT2D eigenvalue weighted by molar-refractivity contribution is 9.10. The third-order valence-corrected chi connectivity index (χ3v) is 4.08. The number of ether oxygens (including phenoxy) is 2. The van der Waals surface area contributed by atoms with E-state index >= 15 is 0 Å². The van der Waals surface area contributed by atoms with Crippen molar-refractivity contribution in [2.75, 3.05) is 6.61 Å². The number of rotatable bonds is 3. The van der Waals surface area contributed by atoms with Gasteiger partial charge in [0, 0.05) is 4.47 Å². The van der Waals surface area contributed by atoms with E-state index in [-0.39, 0.29) is 35.1 Å². The standard InChI is InChI=1S/C16H15BrN2O4/c1-3-22-16(21)13-8(2)23-15(19)11(7-18)14(13)10-5-4-9(20)6-12(10)17/h4-6,14,20H,3,19H2,1-2H3. The number of nitrogens with two attached hydrogens (primary N) is 1. The summed E-state index contributed by atoms with van der Waals surface area (Å²) in [6, 6.07) is 6.56. The molecule has 1 atom stereocenters.